The lowest BCUT2D eigenvalue weighted by molar-refractivity contribution is -0.141. The lowest BCUT2D eigenvalue weighted by Crippen LogP contribution is -2.47. The van der Waals surface area contributed by atoms with E-state index in [-0.39, 0.29) is 28.7 Å². The minimum Gasteiger partial charge on any atom is -0.381 e. The maximum atomic E-state index is 13.4. The third-order valence-corrected chi connectivity index (χ3v) is 8.52. The first-order chi connectivity index (χ1) is 14.0. The van der Waals surface area contributed by atoms with Gasteiger partial charge >= 0.3 is 0 Å². The molecule has 0 saturated carbocycles. The normalized spacial score (nSPS) is 25.1. The van der Waals surface area contributed by atoms with Crippen LogP contribution in [0.15, 0.2) is 29.2 Å². The predicted octanol–water partition coefficient (Wildman–Crippen LogP) is 1.99. The lowest BCUT2D eigenvalue weighted by Gasteiger charge is -2.40. The molecule has 3 aliphatic rings. The van der Waals surface area contributed by atoms with Gasteiger partial charge in [-0.3, -0.25) is 4.79 Å². The molecule has 3 heterocycles. The molecule has 8 heteroatoms. The largest absolute Gasteiger partial charge is 0.381 e. The number of hydrogen-bond acceptors (Lipinski definition) is 5. The van der Waals surface area contributed by atoms with Crippen LogP contribution in [-0.4, -0.2) is 62.9 Å². The van der Waals surface area contributed by atoms with Crippen LogP contribution in [0.5, 0.6) is 0 Å². The lowest BCUT2D eigenvalue weighted by atomic mass is 9.71. The van der Waals surface area contributed by atoms with Crippen molar-refractivity contribution in [2.45, 2.75) is 37.0 Å². The van der Waals surface area contributed by atoms with E-state index in [2.05, 4.69) is 0 Å². The fourth-order valence-corrected chi connectivity index (χ4v) is 6.47. The fourth-order valence-electron chi connectivity index (χ4n) is 4.92. The predicted molar refractivity (Wildman–Crippen MR) is 106 cm³/mol. The molecule has 0 N–H and O–H groups in total. The zero-order valence-electron chi connectivity index (χ0n) is 16.5. The Hall–Kier alpha value is -1.95. The van der Waals surface area contributed by atoms with E-state index >= 15 is 0 Å². The highest BCUT2D eigenvalue weighted by atomic mass is 32.2. The second-order valence-electron chi connectivity index (χ2n) is 8.35. The molecular weight excluding hydrogens is 390 g/mol. The van der Waals surface area contributed by atoms with E-state index in [0.717, 1.165) is 32.4 Å². The molecule has 3 aliphatic heterocycles. The number of nitriles is 1. The van der Waals surface area contributed by atoms with Gasteiger partial charge in [0.1, 0.15) is 0 Å². The molecule has 1 aromatic carbocycles. The molecule has 0 aliphatic carbocycles. The van der Waals surface area contributed by atoms with Crippen molar-refractivity contribution in [3.63, 3.8) is 0 Å². The van der Waals surface area contributed by atoms with E-state index in [4.69, 9.17) is 10.00 Å². The Kier molecular flexibility index (Phi) is 5.65. The van der Waals surface area contributed by atoms with Crippen LogP contribution in [0.2, 0.25) is 0 Å². The highest BCUT2D eigenvalue weighted by Gasteiger charge is 2.54. The number of piperidine rings is 1. The Labute approximate surface area is 172 Å². The summed E-state index contributed by atoms with van der Waals surface area (Å²) in [7, 11) is -3.72. The maximum absolute atomic E-state index is 13.4. The van der Waals surface area contributed by atoms with Gasteiger partial charge < -0.3 is 9.64 Å². The SMILES string of the molecule is N#Cc1ccc(S(=O)(=O)N2C[C@@H](C(=O)N3CCCCC3)C3(CCOCC3)C2)cc1. The van der Waals surface area contributed by atoms with Gasteiger partial charge in [-0.1, -0.05) is 0 Å². The van der Waals surface area contributed by atoms with Gasteiger partial charge in [-0.2, -0.15) is 9.57 Å². The van der Waals surface area contributed by atoms with Gasteiger partial charge in [0, 0.05) is 44.8 Å². The van der Waals surface area contributed by atoms with E-state index in [1.165, 1.54) is 28.6 Å². The van der Waals surface area contributed by atoms with Crippen molar-refractivity contribution in [3.05, 3.63) is 29.8 Å². The second-order valence-corrected chi connectivity index (χ2v) is 10.3. The number of carbonyl (C=O) groups is 1. The molecule has 4 rings (SSSR count). The molecule has 0 bridgehead atoms. The van der Waals surface area contributed by atoms with Gasteiger partial charge in [-0.15, -0.1) is 0 Å². The molecule has 29 heavy (non-hydrogen) atoms. The number of carbonyl (C=O) groups excluding carboxylic acids is 1. The van der Waals surface area contributed by atoms with E-state index in [9.17, 15) is 13.2 Å². The van der Waals surface area contributed by atoms with E-state index < -0.39 is 10.0 Å². The van der Waals surface area contributed by atoms with Crippen molar-refractivity contribution in [2.24, 2.45) is 11.3 Å². The van der Waals surface area contributed by atoms with Gasteiger partial charge in [-0.25, -0.2) is 8.42 Å². The van der Waals surface area contributed by atoms with Crippen molar-refractivity contribution in [1.82, 2.24) is 9.21 Å². The Balaban J connectivity index is 1.62. The maximum Gasteiger partial charge on any atom is 0.243 e. The summed E-state index contributed by atoms with van der Waals surface area (Å²) >= 11 is 0. The van der Waals surface area contributed by atoms with Crippen molar-refractivity contribution < 1.29 is 17.9 Å². The van der Waals surface area contributed by atoms with Crippen LogP contribution in [0.25, 0.3) is 0 Å². The first kappa shape index (κ1) is 20.3. The number of nitrogens with zero attached hydrogens (tertiary/aromatic N) is 3. The Morgan fingerprint density at radius 2 is 1.76 bits per heavy atom. The van der Waals surface area contributed by atoms with Crippen LogP contribution in [0, 0.1) is 22.7 Å². The number of rotatable bonds is 3. The van der Waals surface area contributed by atoms with Crippen molar-refractivity contribution in [2.75, 3.05) is 39.4 Å². The highest BCUT2D eigenvalue weighted by molar-refractivity contribution is 7.89. The first-order valence-corrected chi connectivity index (χ1v) is 11.8. The molecule has 1 atom stereocenters. The van der Waals surface area contributed by atoms with E-state index in [0.29, 0.717) is 38.2 Å². The van der Waals surface area contributed by atoms with Gasteiger partial charge in [0.05, 0.1) is 22.4 Å². The summed E-state index contributed by atoms with van der Waals surface area (Å²) in [5, 5.41) is 8.96. The third kappa shape index (κ3) is 3.79. The highest BCUT2D eigenvalue weighted by Crippen LogP contribution is 2.46. The summed E-state index contributed by atoms with van der Waals surface area (Å²) in [4.78, 5) is 15.5. The van der Waals surface area contributed by atoms with E-state index in [1.54, 1.807) is 0 Å². The molecule has 1 amide bonds. The zero-order valence-corrected chi connectivity index (χ0v) is 17.4. The number of amides is 1. The minimum atomic E-state index is -3.72. The van der Waals surface area contributed by atoms with Gasteiger partial charge in [0.2, 0.25) is 15.9 Å². The zero-order chi connectivity index (χ0) is 20.5. The van der Waals surface area contributed by atoms with Gasteiger partial charge in [0.15, 0.2) is 0 Å². The molecule has 0 radical (unpaired) electrons. The van der Waals surface area contributed by atoms with Gasteiger partial charge in [0.25, 0.3) is 0 Å². The first-order valence-electron chi connectivity index (χ1n) is 10.3. The molecule has 7 nitrogen and oxygen atoms in total. The Bertz CT molecular complexity index is 895. The fraction of sp³-hybridized carbons (Fsp3) is 0.619. The number of likely N-dealkylation sites (tertiary alicyclic amines) is 1. The number of sulfonamides is 1. The second kappa shape index (κ2) is 8.05. The monoisotopic (exact) mass is 417 g/mol. The number of ether oxygens (including phenoxy) is 1. The summed E-state index contributed by atoms with van der Waals surface area (Å²) in [5.41, 5.74) is 0.0660. The van der Waals surface area contributed by atoms with Gasteiger partial charge in [-0.05, 0) is 56.4 Å². The minimum absolute atomic E-state index is 0.101. The molecule has 3 fully saturated rings. The summed E-state index contributed by atoms with van der Waals surface area (Å²) in [5.74, 6) is -0.221. The third-order valence-electron chi connectivity index (χ3n) is 6.69. The van der Waals surface area contributed by atoms with E-state index in [1.807, 2.05) is 11.0 Å². The Morgan fingerprint density at radius 1 is 1.10 bits per heavy atom. The summed E-state index contributed by atoms with van der Waals surface area (Å²) < 4.78 is 33.6. The summed E-state index contributed by atoms with van der Waals surface area (Å²) in [6, 6.07) is 8.00. The average molecular weight is 418 g/mol. The number of benzene rings is 1. The average Bonchev–Trinajstić information content (AvgIpc) is 3.13. The van der Waals surface area contributed by atoms with Crippen molar-refractivity contribution >= 4 is 15.9 Å². The molecule has 0 unspecified atom stereocenters. The molecule has 1 spiro atoms. The van der Waals surface area contributed by atoms with Crippen LogP contribution < -0.4 is 0 Å². The molecule has 3 saturated heterocycles. The van der Waals surface area contributed by atoms with Crippen molar-refractivity contribution in [1.29, 1.82) is 5.26 Å². The molecule has 0 aromatic heterocycles. The van der Waals surface area contributed by atoms with Crippen LogP contribution in [0.3, 0.4) is 0 Å². The van der Waals surface area contributed by atoms with Crippen LogP contribution in [0.4, 0.5) is 0 Å². The molecule has 156 valence electrons. The molecular formula is C21H27N3O4S. The van der Waals surface area contributed by atoms with Crippen LogP contribution >= 0.6 is 0 Å². The van der Waals surface area contributed by atoms with Crippen LogP contribution in [0.1, 0.15) is 37.7 Å². The smallest absolute Gasteiger partial charge is 0.243 e. The standard InChI is InChI=1S/C21H27N3O4S/c22-14-17-4-6-18(7-5-17)29(26,27)24-15-19(20(25)23-10-2-1-3-11-23)21(16-24)8-12-28-13-9-21/h4-7,19H,1-3,8-13,15-16H2/t19-/m0/s1. The number of hydrogen-bond donors (Lipinski definition) is 0. The van der Waals surface area contributed by atoms with Crippen molar-refractivity contribution in [3.8, 4) is 6.07 Å². The summed E-state index contributed by atoms with van der Waals surface area (Å²) in [6.45, 7) is 3.23. The topological polar surface area (TPSA) is 90.7 Å². The van der Waals surface area contributed by atoms with Crippen LogP contribution in [-0.2, 0) is 19.6 Å². The molecule has 1 aromatic rings. The summed E-state index contributed by atoms with van der Waals surface area (Å²) in [6.07, 6.45) is 4.59. The quantitative estimate of drug-likeness (QED) is 0.750. The Morgan fingerprint density at radius 3 is 2.38 bits per heavy atom.